The molecule has 0 fully saturated rings. The SMILES string of the molecule is COC(=O)c1c(C(=O)OC)c(-c2ccc([N+](=O)[O-])cc2)n(C)c1-c1ccccc1. The molecule has 148 valence electrons. The third-order valence-electron chi connectivity index (χ3n) is 4.57. The fourth-order valence-corrected chi connectivity index (χ4v) is 3.30. The molecule has 1 heterocycles. The van der Waals surface area contributed by atoms with Crippen molar-refractivity contribution < 1.29 is 24.0 Å². The molecule has 0 bridgehead atoms. The first-order valence-corrected chi connectivity index (χ1v) is 8.60. The molecule has 0 unspecified atom stereocenters. The Bertz CT molecular complexity index is 1080. The highest BCUT2D eigenvalue weighted by Gasteiger charge is 2.32. The van der Waals surface area contributed by atoms with Crippen molar-refractivity contribution in [1.82, 2.24) is 4.57 Å². The maximum Gasteiger partial charge on any atom is 0.340 e. The fourth-order valence-electron chi connectivity index (χ4n) is 3.30. The third kappa shape index (κ3) is 3.47. The fraction of sp³-hybridized carbons (Fsp3) is 0.143. The summed E-state index contributed by atoms with van der Waals surface area (Å²) in [6.07, 6.45) is 0. The largest absolute Gasteiger partial charge is 0.465 e. The number of carbonyl (C=O) groups excluding carboxylic acids is 2. The van der Waals surface area contributed by atoms with Crippen molar-refractivity contribution in [3.63, 3.8) is 0 Å². The summed E-state index contributed by atoms with van der Waals surface area (Å²) in [5, 5.41) is 11.0. The lowest BCUT2D eigenvalue weighted by Gasteiger charge is -2.09. The zero-order chi connectivity index (χ0) is 21.1. The maximum absolute atomic E-state index is 12.7. The van der Waals surface area contributed by atoms with Gasteiger partial charge in [0.1, 0.15) is 11.1 Å². The number of nitro groups is 1. The Morgan fingerprint density at radius 3 is 1.69 bits per heavy atom. The van der Waals surface area contributed by atoms with Crippen molar-refractivity contribution in [2.75, 3.05) is 14.2 Å². The van der Waals surface area contributed by atoms with Gasteiger partial charge in [0, 0.05) is 19.2 Å². The van der Waals surface area contributed by atoms with E-state index >= 15 is 0 Å². The van der Waals surface area contributed by atoms with E-state index in [1.165, 1.54) is 38.5 Å². The van der Waals surface area contributed by atoms with E-state index in [4.69, 9.17) is 9.47 Å². The first-order valence-electron chi connectivity index (χ1n) is 8.60. The van der Waals surface area contributed by atoms with Gasteiger partial charge in [0.2, 0.25) is 0 Å². The number of benzene rings is 2. The van der Waals surface area contributed by atoms with E-state index in [-0.39, 0.29) is 16.8 Å². The minimum atomic E-state index is -0.712. The summed E-state index contributed by atoms with van der Waals surface area (Å²) in [4.78, 5) is 35.8. The average Bonchev–Trinajstić information content (AvgIpc) is 3.06. The first-order chi connectivity index (χ1) is 13.9. The second kappa shape index (κ2) is 7.97. The molecule has 1 aromatic heterocycles. The minimum absolute atomic E-state index is 0.0366. The van der Waals surface area contributed by atoms with Crippen molar-refractivity contribution in [3.05, 3.63) is 75.8 Å². The van der Waals surface area contributed by atoms with E-state index in [0.29, 0.717) is 22.5 Å². The molecule has 0 aliphatic carbocycles. The number of hydrogen-bond acceptors (Lipinski definition) is 6. The summed E-state index contributed by atoms with van der Waals surface area (Å²) >= 11 is 0. The lowest BCUT2D eigenvalue weighted by atomic mass is 10.0. The Labute approximate surface area is 166 Å². The summed E-state index contributed by atoms with van der Waals surface area (Å²) in [7, 11) is 4.16. The van der Waals surface area contributed by atoms with Crippen LogP contribution in [0.1, 0.15) is 20.7 Å². The molecule has 2 aromatic carbocycles. The highest BCUT2D eigenvalue weighted by Crippen LogP contribution is 2.38. The molecular weight excluding hydrogens is 376 g/mol. The molecule has 0 saturated heterocycles. The minimum Gasteiger partial charge on any atom is -0.465 e. The normalized spacial score (nSPS) is 10.4. The van der Waals surface area contributed by atoms with Crippen LogP contribution in [-0.2, 0) is 16.5 Å². The summed E-state index contributed by atoms with van der Waals surface area (Å²) in [5.74, 6) is -1.40. The summed E-state index contributed by atoms with van der Waals surface area (Å²) in [5.41, 5.74) is 2.12. The van der Waals surface area contributed by atoms with E-state index < -0.39 is 16.9 Å². The highest BCUT2D eigenvalue weighted by atomic mass is 16.6. The first kappa shape index (κ1) is 19.8. The van der Waals surface area contributed by atoms with Crippen LogP contribution in [0.4, 0.5) is 5.69 Å². The van der Waals surface area contributed by atoms with Gasteiger partial charge in [0.15, 0.2) is 0 Å². The number of rotatable bonds is 5. The molecule has 0 aliphatic rings. The number of esters is 2. The van der Waals surface area contributed by atoms with Crippen LogP contribution < -0.4 is 0 Å². The molecule has 8 nitrogen and oxygen atoms in total. The number of ether oxygens (including phenoxy) is 2. The average molecular weight is 394 g/mol. The van der Waals surface area contributed by atoms with Gasteiger partial charge < -0.3 is 14.0 Å². The van der Waals surface area contributed by atoms with E-state index in [0.717, 1.165) is 0 Å². The molecular formula is C21H18N2O6. The summed E-state index contributed by atoms with van der Waals surface area (Å²) < 4.78 is 11.6. The van der Waals surface area contributed by atoms with Crippen LogP contribution in [0.25, 0.3) is 22.5 Å². The number of aromatic nitrogens is 1. The van der Waals surface area contributed by atoms with Gasteiger partial charge in [0.25, 0.3) is 5.69 Å². The Morgan fingerprint density at radius 1 is 0.828 bits per heavy atom. The summed E-state index contributed by atoms with van der Waals surface area (Å²) in [6.45, 7) is 0. The molecule has 0 amide bonds. The standard InChI is InChI=1S/C21H18N2O6/c1-22-18(13-7-5-4-6-8-13)16(20(24)28-2)17(21(25)29-3)19(22)14-9-11-15(12-10-14)23(26)27/h4-12H,1-3H3. The van der Waals surface area contributed by atoms with Crippen LogP contribution >= 0.6 is 0 Å². The quantitative estimate of drug-likeness (QED) is 0.370. The van der Waals surface area contributed by atoms with Crippen molar-refractivity contribution >= 4 is 17.6 Å². The molecule has 0 radical (unpaired) electrons. The Kier molecular flexibility index (Phi) is 5.45. The highest BCUT2D eigenvalue weighted by molar-refractivity contribution is 6.12. The molecule has 0 spiro atoms. The van der Waals surface area contributed by atoms with Crippen molar-refractivity contribution in [2.24, 2.45) is 7.05 Å². The van der Waals surface area contributed by atoms with Crippen molar-refractivity contribution in [2.45, 2.75) is 0 Å². The lowest BCUT2D eigenvalue weighted by Crippen LogP contribution is -2.11. The predicted molar refractivity (Wildman–Crippen MR) is 106 cm³/mol. The third-order valence-corrected chi connectivity index (χ3v) is 4.57. The number of nitro benzene ring substituents is 1. The van der Waals surface area contributed by atoms with Crippen LogP contribution in [0.5, 0.6) is 0 Å². The topological polar surface area (TPSA) is 101 Å². The van der Waals surface area contributed by atoms with Gasteiger partial charge in [-0.3, -0.25) is 10.1 Å². The molecule has 8 heteroatoms. The van der Waals surface area contributed by atoms with Gasteiger partial charge in [0.05, 0.1) is 30.5 Å². The van der Waals surface area contributed by atoms with E-state index in [2.05, 4.69) is 0 Å². The predicted octanol–water partition coefficient (Wildman–Crippen LogP) is 3.84. The second-order valence-corrected chi connectivity index (χ2v) is 6.16. The van der Waals surface area contributed by atoms with Gasteiger partial charge in [-0.1, -0.05) is 30.3 Å². The Hall–Kier alpha value is -3.94. The molecule has 29 heavy (non-hydrogen) atoms. The monoisotopic (exact) mass is 394 g/mol. The van der Waals surface area contributed by atoms with Crippen LogP contribution in [0.2, 0.25) is 0 Å². The molecule has 0 saturated carbocycles. The lowest BCUT2D eigenvalue weighted by molar-refractivity contribution is -0.384. The van der Waals surface area contributed by atoms with Crippen molar-refractivity contribution in [1.29, 1.82) is 0 Å². The number of non-ortho nitro benzene ring substituents is 1. The van der Waals surface area contributed by atoms with Crippen LogP contribution in [0, 0.1) is 10.1 Å². The number of nitrogens with zero attached hydrogens (tertiary/aromatic N) is 2. The molecule has 0 aliphatic heterocycles. The molecule has 0 atom stereocenters. The number of carbonyl (C=O) groups is 2. The Morgan fingerprint density at radius 2 is 1.28 bits per heavy atom. The molecule has 0 N–H and O–H groups in total. The van der Waals surface area contributed by atoms with Crippen molar-refractivity contribution in [3.8, 4) is 22.5 Å². The molecule has 3 aromatic rings. The zero-order valence-electron chi connectivity index (χ0n) is 16.0. The van der Waals surface area contributed by atoms with Crippen LogP contribution in [-0.4, -0.2) is 35.6 Å². The van der Waals surface area contributed by atoms with Gasteiger partial charge >= 0.3 is 11.9 Å². The van der Waals surface area contributed by atoms with Gasteiger partial charge in [-0.15, -0.1) is 0 Å². The van der Waals surface area contributed by atoms with E-state index in [1.807, 2.05) is 30.3 Å². The Balaban J connectivity index is 2.38. The zero-order valence-corrected chi connectivity index (χ0v) is 16.0. The number of methoxy groups -OCH3 is 2. The number of hydrogen-bond donors (Lipinski definition) is 0. The molecule has 3 rings (SSSR count). The van der Waals surface area contributed by atoms with Crippen LogP contribution in [0.15, 0.2) is 54.6 Å². The van der Waals surface area contributed by atoms with Crippen LogP contribution in [0.3, 0.4) is 0 Å². The van der Waals surface area contributed by atoms with Gasteiger partial charge in [-0.2, -0.15) is 0 Å². The van der Waals surface area contributed by atoms with Gasteiger partial charge in [-0.25, -0.2) is 9.59 Å². The smallest absolute Gasteiger partial charge is 0.340 e. The van der Waals surface area contributed by atoms with E-state index in [9.17, 15) is 19.7 Å². The second-order valence-electron chi connectivity index (χ2n) is 6.16. The summed E-state index contributed by atoms with van der Waals surface area (Å²) in [6, 6.07) is 14.8. The van der Waals surface area contributed by atoms with E-state index in [1.54, 1.807) is 11.6 Å². The van der Waals surface area contributed by atoms with Gasteiger partial charge in [-0.05, 0) is 23.3 Å². The maximum atomic E-state index is 12.7.